The quantitative estimate of drug-likeness (QED) is 0.643. The molecule has 1 heterocycles. The van der Waals surface area contributed by atoms with Crippen molar-refractivity contribution in [1.29, 1.82) is 0 Å². The minimum atomic E-state index is -0.427. The summed E-state index contributed by atoms with van der Waals surface area (Å²) in [6.45, 7) is 4.49. The number of nitrogens with zero attached hydrogens (tertiary/aromatic N) is 1. The Morgan fingerprint density at radius 2 is 2.26 bits per heavy atom. The maximum atomic E-state index is 12.1. The molecule has 1 aliphatic heterocycles. The van der Waals surface area contributed by atoms with E-state index in [1.54, 1.807) is 19.1 Å². The first-order valence-electron chi connectivity index (χ1n) is 6.28. The van der Waals surface area contributed by atoms with Gasteiger partial charge < -0.3 is 10.6 Å². The zero-order chi connectivity index (χ0) is 14.0. The third kappa shape index (κ3) is 2.90. The van der Waals surface area contributed by atoms with E-state index in [1.807, 2.05) is 6.92 Å². The number of anilines is 1. The van der Waals surface area contributed by atoms with Gasteiger partial charge in [-0.25, -0.2) is 0 Å². The third-order valence-electron chi connectivity index (χ3n) is 3.52. The Hall–Kier alpha value is -1.95. The number of aryl methyl sites for hydroxylation is 1. The Labute approximate surface area is 111 Å². The van der Waals surface area contributed by atoms with E-state index < -0.39 is 4.92 Å². The standard InChI is InChI=1S/C13H17N3O3/c1-8-7-10(3-4-12(8)16(18)19)15-13(17)11-5-6-14-9(11)2/h3-4,7,9,11,14H,5-6H2,1-2H3,(H,15,17). The largest absolute Gasteiger partial charge is 0.326 e. The smallest absolute Gasteiger partial charge is 0.272 e. The molecule has 2 atom stereocenters. The highest BCUT2D eigenvalue weighted by molar-refractivity contribution is 5.93. The van der Waals surface area contributed by atoms with Crippen LogP contribution in [0, 0.1) is 23.0 Å². The van der Waals surface area contributed by atoms with Crippen molar-refractivity contribution in [3.8, 4) is 0 Å². The van der Waals surface area contributed by atoms with E-state index in [0.717, 1.165) is 13.0 Å². The Kier molecular flexibility index (Phi) is 3.80. The van der Waals surface area contributed by atoms with Crippen molar-refractivity contribution in [3.05, 3.63) is 33.9 Å². The summed E-state index contributed by atoms with van der Waals surface area (Å²) in [5.41, 5.74) is 1.21. The molecule has 2 N–H and O–H groups in total. The van der Waals surface area contributed by atoms with Gasteiger partial charge in [-0.1, -0.05) is 0 Å². The van der Waals surface area contributed by atoms with Gasteiger partial charge in [0.2, 0.25) is 5.91 Å². The Morgan fingerprint density at radius 3 is 2.79 bits per heavy atom. The second-order valence-corrected chi connectivity index (χ2v) is 4.89. The lowest BCUT2D eigenvalue weighted by Gasteiger charge is -2.15. The van der Waals surface area contributed by atoms with Crippen LogP contribution in [-0.2, 0) is 4.79 Å². The van der Waals surface area contributed by atoms with E-state index in [2.05, 4.69) is 10.6 Å². The van der Waals surface area contributed by atoms with Gasteiger partial charge >= 0.3 is 0 Å². The van der Waals surface area contributed by atoms with Crippen LogP contribution in [0.2, 0.25) is 0 Å². The minimum absolute atomic E-state index is 0.0363. The molecule has 6 heteroatoms. The number of carbonyl (C=O) groups is 1. The zero-order valence-electron chi connectivity index (χ0n) is 11.0. The van der Waals surface area contributed by atoms with Gasteiger partial charge in [0.15, 0.2) is 0 Å². The van der Waals surface area contributed by atoms with Gasteiger partial charge in [-0.2, -0.15) is 0 Å². The van der Waals surface area contributed by atoms with E-state index in [9.17, 15) is 14.9 Å². The van der Waals surface area contributed by atoms with Gasteiger partial charge in [-0.3, -0.25) is 14.9 Å². The molecular weight excluding hydrogens is 246 g/mol. The fraction of sp³-hybridized carbons (Fsp3) is 0.462. The maximum Gasteiger partial charge on any atom is 0.272 e. The fourth-order valence-electron chi connectivity index (χ4n) is 2.39. The average Bonchev–Trinajstić information content (AvgIpc) is 2.75. The highest BCUT2D eigenvalue weighted by atomic mass is 16.6. The summed E-state index contributed by atoms with van der Waals surface area (Å²) in [5, 5.41) is 16.8. The van der Waals surface area contributed by atoms with Gasteiger partial charge in [0, 0.05) is 23.4 Å². The van der Waals surface area contributed by atoms with Crippen LogP contribution < -0.4 is 10.6 Å². The van der Waals surface area contributed by atoms with Crippen LogP contribution >= 0.6 is 0 Å². The van der Waals surface area contributed by atoms with Crippen LogP contribution in [0.15, 0.2) is 18.2 Å². The lowest BCUT2D eigenvalue weighted by atomic mass is 10.0. The fourth-order valence-corrected chi connectivity index (χ4v) is 2.39. The number of nitro benzene ring substituents is 1. The van der Waals surface area contributed by atoms with Crippen LogP contribution in [-0.4, -0.2) is 23.4 Å². The van der Waals surface area contributed by atoms with Crippen molar-refractivity contribution >= 4 is 17.3 Å². The summed E-state index contributed by atoms with van der Waals surface area (Å²) < 4.78 is 0. The van der Waals surface area contributed by atoms with Crippen LogP contribution in [0.4, 0.5) is 11.4 Å². The summed E-state index contributed by atoms with van der Waals surface area (Å²) in [4.78, 5) is 22.4. The minimum Gasteiger partial charge on any atom is -0.326 e. The Balaban J connectivity index is 2.09. The summed E-state index contributed by atoms with van der Waals surface area (Å²) in [6.07, 6.45) is 0.818. The molecule has 2 unspecified atom stereocenters. The number of hydrogen-bond donors (Lipinski definition) is 2. The molecule has 1 aromatic rings. The van der Waals surface area contributed by atoms with E-state index in [-0.39, 0.29) is 23.6 Å². The number of carbonyl (C=O) groups excluding carboxylic acids is 1. The maximum absolute atomic E-state index is 12.1. The molecule has 0 radical (unpaired) electrons. The molecule has 1 aromatic carbocycles. The first-order chi connectivity index (χ1) is 8.99. The van der Waals surface area contributed by atoms with Crippen LogP contribution in [0.25, 0.3) is 0 Å². The molecule has 19 heavy (non-hydrogen) atoms. The first kappa shape index (κ1) is 13.5. The summed E-state index contributed by atoms with van der Waals surface area (Å²) in [6, 6.07) is 4.78. The van der Waals surface area contributed by atoms with Gasteiger partial charge in [0.1, 0.15) is 0 Å². The van der Waals surface area contributed by atoms with Crippen molar-refractivity contribution in [2.45, 2.75) is 26.3 Å². The van der Waals surface area contributed by atoms with Crippen LogP contribution in [0.3, 0.4) is 0 Å². The van der Waals surface area contributed by atoms with Crippen molar-refractivity contribution < 1.29 is 9.72 Å². The summed E-state index contributed by atoms with van der Waals surface area (Å²) in [7, 11) is 0. The number of nitrogens with one attached hydrogen (secondary N) is 2. The van der Waals surface area contributed by atoms with Gasteiger partial charge in [0.25, 0.3) is 5.69 Å². The second kappa shape index (κ2) is 5.36. The van der Waals surface area contributed by atoms with Gasteiger partial charge in [-0.15, -0.1) is 0 Å². The molecule has 102 valence electrons. The first-order valence-corrected chi connectivity index (χ1v) is 6.28. The molecular formula is C13H17N3O3. The number of benzene rings is 1. The van der Waals surface area contributed by atoms with Crippen molar-refractivity contribution in [2.75, 3.05) is 11.9 Å². The van der Waals surface area contributed by atoms with Crippen molar-refractivity contribution in [1.82, 2.24) is 5.32 Å². The molecule has 1 saturated heterocycles. The van der Waals surface area contributed by atoms with E-state index >= 15 is 0 Å². The SMILES string of the molecule is Cc1cc(NC(=O)C2CCNC2C)ccc1[N+](=O)[O-]. The normalized spacial score (nSPS) is 22.2. The molecule has 1 amide bonds. The highest BCUT2D eigenvalue weighted by Gasteiger charge is 2.29. The molecule has 0 bridgehead atoms. The molecule has 0 aromatic heterocycles. The van der Waals surface area contributed by atoms with E-state index in [4.69, 9.17) is 0 Å². The third-order valence-corrected chi connectivity index (χ3v) is 3.52. The van der Waals surface area contributed by atoms with Crippen molar-refractivity contribution in [3.63, 3.8) is 0 Å². The molecule has 0 saturated carbocycles. The lowest BCUT2D eigenvalue weighted by Crippen LogP contribution is -2.32. The Morgan fingerprint density at radius 1 is 1.53 bits per heavy atom. The van der Waals surface area contributed by atoms with Gasteiger partial charge in [-0.05, 0) is 38.9 Å². The zero-order valence-corrected chi connectivity index (χ0v) is 11.0. The molecule has 1 fully saturated rings. The lowest BCUT2D eigenvalue weighted by molar-refractivity contribution is -0.385. The van der Waals surface area contributed by atoms with E-state index in [1.165, 1.54) is 6.07 Å². The molecule has 1 aliphatic rings. The number of nitro groups is 1. The predicted molar refractivity (Wildman–Crippen MR) is 72.0 cm³/mol. The molecule has 0 aliphatic carbocycles. The highest BCUT2D eigenvalue weighted by Crippen LogP contribution is 2.23. The molecule has 2 rings (SSSR count). The number of amides is 1. The van der Waals surface area contributed by atoms with Crippen LogP contribution in [0.5, 0.6) is 0 Å². The van der Waals surface area contributed by atoms with Crippen molar-refractivity contribution in [2.24, 2.45) is 5.92 Å². The number of hydrogen-bond acceptors (Lipinski definition) is 4. The number of rotatable bonds is 3. The Bertz CT molecular complexity index is 516. The summed E-state index contributed by atoms with van der Waals surface area (Å²) in [5.74, 6) is -0.0822. The predicted octanol–water partition coefficient (Wildman–Crippen LogP) is 1.84. The summed E-state index contributed by atoms with van der Waals surface area (Å²) >= 11 is 0. The van der Waals surface area contributed by atoms with Crippen LogP contribution in [0.1, 0.15) is 18.9 Å². The van der Waals surface area contributed by atoms with E-state index in [0.29, 0.717) is 11.3 Å². The average molecular weight is 263 g/mol. The monoisotopic (exact) mass is 263 g/mol. The second-order valence-electron chi connectivity index (χ2n) is 4.89. The molecule has 0 spiro atoms. The topological polar surface area (TPSA) is 84.3 Å². The molecule has 6 nitrogen and oxygen atoms in total. The van der Waals surface area contributed by atoms with Gasteiger partial charge in [0.05, 0.1) is 10.8 Å².